The molecule has 2 atom stereocenters. The predicted octanol–water partition coefficient (Wildman–Crippen LogP) is 7.09. The van der Waals surface area contributed by atoms with Crippen LogP contribution in [0.15, 0.2) is 91.1 Å². The van der Waals surface area contributed by atoms with Crippen molar-refractivity contribution in [3.63, 3.8) is 0 Å². The zero-order valence-electron chi connectivity index (χ0n) is 22.8. The predicted molar refractivity (Wildman–Crippen MR) is 159 cm³/mol. The van der Waals surface area contributed by atoms with Crippen LogP contribution in [0.3, 0.4) is 0 Å². The van der Waals surface area contributed by atoms with Crippen LogP contribution in [0.4, 0.5) is 0 Å². The molecule has 1 unspecified atom stereocenters. The van der Waals surface area contributed by atoms with Gasteiger partial charge in [-0.1, -0.05) is 86.1 Å². The molecule has 39 heavy (non-hydrogen) atoms. The van der Waals surface area contributed by atoms with Gasteiger partial charge in [-0.15, -0.1) is 0 Å². The third-order valence-electron chi connectivity index (χ3n) is 7.49. The molecule has 6 heteroatoms. The second-order valence-corrected chi connectivity index (χ2v) is 11.3. The summed E-state index contributed by atoms with van der Waals surface area (Å²) in [5.74, 6) is 1.51. The second-order valence-electron chi connectivity index (χ2n) is 10.8. The van der Waals surface area contributed by atoms with Gasteiger partial charge in [-0.3, -0.25) is 4.79 Å². The van der Waals surface area contributed by atoms with Crippen molar-refractivity contribution in [2.45, 2.75) is 39.3 Å². The van der Waals surface area contributed by atoms with Crippen molar-refractivity contribution in [3.8, 4) is 11.3 Å². The lowest BCUT2D eigenvalue weighted by Gasteiger charge is -2.38. The van der Waals surface area contributed by atoms with E-state index in [0.29, 0.717) is 29.6 Å². The van der Waals surface area contributed by atoms with Crippen LogP contribution in [-0.4, -0.2) is 40.0 Å². The van der Waals surface area contributed by atoms with Crippen molar-refractivity contribution in [2.75, 3.05) is 19.6 Å². The summed E-state index contributed by atoms with van der Waals surface area (Å²) in [4.78, 5) is 21.5. The summed E-state index contributed by atoms with van der Waals surface area (Å²) < 4.78 is 2.22. The molecular weight excluding hydrogens is 504 g/mol. The number of imidazole rings is 1. The lowest BCUT2D eigenvalue weighted by atomic mass is 9.94. The fraction of sp³-hybridized carbons (Fsp3) is 0.333. The monoisotopic (exact) mass is 540 g/mol. The zero-order valence-corrected chi connectivity index (χ0v) is 23.5. The van der Waals surface area contributed by atoms with Gasteiger partial charge in [-0.25, -0.2) is 4.98 Å². The summed E-state index contributed by atoms with van der Waals surface area (Å²) in [7, 11) is 0. The van der Waals surface area contributed by atoms with E-state index in [4.69, 9.17) is 16.6 Å². The van der Waals surface area contributed by atoms with Gasteiger partial charge in [-0.2, -0.15) is 0 Å². The Morgan fingerprint density at radius 1 is 1.05 bits per heavy atom. The molecule has 5 nitrogen and oxygen atoms in total. The molecular formula is C33H37ClN4O. The van der Waals surface area contributed by atoms with Gasteiger partial charge in [0.05, 0.1) is 11.7 Å². The normalized spacial score (nSPS) is 16.3. The van der Waals surface area contributed by atoms with Crippen LogP contribution >= 0.6 is 11.6 Å². The van der Waals surface area contributed by atoms with E-state index >= 15 is 0 Å². The maximum Gasteiger partial charge on any atom is 0.254 e. The van der Waals surface area contributed by atoms with Crippen molar-refractivity contribution >= 4 is 17.5 Å². The van der Waals surface area contributed by atoms with E-state index in [2.05, 4.69) is 59.1 Å². The molecule has 0 aliphatic carbocycles. The van der Waals surface area contributed by atoms with Gasteiger partial charge in [-0.05, 0) is 67.6 Å². The van der Waals surface area contributed by atoms with Crippen LogP contribution < -0.4 is 5.32 Å². The third-order valence-corrected chi connectivity index (χ3v) is 7.73. The van der Waals surface area contributed by atoms with E-state index in [1.54, 1.807) is 0 Å². The van der Waals surface area contributed by atoms with E-state index in [-0.39, 0.29) is 17.9 Å². The van der Waals surface area contributed by atoms with Crippen molar-refractivity contribution in [1.82, 2.24) is 19.8 Å². The molecule has 0 saturated carbocycles. The smallest absolute Gasteiger partial charge is 0.254 e. The molecule has 1 saturated heterocycles. The zero-order chi connectivity index (χ0) is 27.2. The molecule has 2 heterocycles. The van der Waals surface area contributed by atoms with Crippen molar-refractivity contribution in [3.05, 3.63) is 113 Å². The highest BCUT2D eigenvalue weighted by Gasteiger charge is 2.34. The third kappa shape index (κ3) is 6.60. The quantitative estimate of drug-likeness (QED) is 0.246. The summed E-state index contributed by atoms with van der Waals surface area (Å²) in [6.45, 7) is 7.71. The molecule has 3 aromatic carbocycles. The summed E-state index contributed by atoms with van der Waals surface area (Å²) in [5.41, 5.74) is 3.73. The van der Waals surface area contributed by atoms with Gasteiger partial charge in [0.2, 0.25) is 0 Å². The topological polar surface area (TPSA) is 50.2 Å². The fourth-order valence-electron chi connectivity index (χ4n) is 5.58. The molecule has 1 N–H and O–H groups in total. The lowest BCUT2D eigenvalue weighted by molar-refractivity contribution is 0.0546. The number of aromatic nitrogens is 2. The minimum absolute atomic E-state index is 0.0541. The fourth-order valence-corrected chi connectivity index (χ4v) is 5.77. The first kappa shape index (κ1) is 27.2. The summed E-state index contributed by atoms with van der Waals surface area (Å²) >= 11 is 6.36. The van der Waals surface area contributed by atoms with Gasteiger partial charge < -0.3 is 14.8 Å². The van der Waals surface area contributed by atoms with Gasteiger partial charge in [0, 0.05) is 35.4 Å². The SMILES string of the molecule is CC(C)[C@H](c1nc(-c2cccc(Cl)c2)cn1Cc1ccccc1)N(CC1CCCNC1)C(=O)c1ccccc1. The Kier molecular flexibility index (Phi) is 8.80. The molecule has 202 valence electrons. The highest BCUT2D eigenvalue weighted by Crippen LogP contribution is 2.34. The number of nitrogens with one attached hydrogen (secondary N) is 1. The Balaban J connectivity index is 1.61. The van der Waals surface area contributed by atoms with Crippen molar-refractivity contribution < 1.29 is 4.79 Å². The molecule has 1 aliphatic heterocycles. The van der Waals surface area contributed by atoms with Gasteiger partial charge in [0.15, 0.2) is 0 Å². The van der Waals surface area contributed by atoms with E-state index in [1.807, 2.05) is 60.7 Å². The van der Waals surface area contributed by atoms with Crippen molar-refractivity contribution in [2.24, 2.45) is 11.8 Å². The Hall–Kier alpha value is -3.41. The number of rotatable bonds is 9. The number of carbonyl (C=O) groups is 1. The number of hydrogen-bond acceptors (Lipinski definition) is 3. The Labute approximate surface area is 236 Å². The minimum atomic E-state index is -0.198. The molecule has 1 aliphatic rings. The second kappa shape index (κ2) is 12.6. The first-order valence-corrected chi connectivity index (χ1v) is 14.3. The van der Waals surface area contributed by atoms with Crippen LogP contribution in [0, 0.1) is 11.8 Å². The minimum Gasteiger partial charge on any atom is -0.328 e. The van der Waals surface area contributed by atoms with Crippen LogP contribution in [0.2, 0.25) is 5.02 Å². The highest BCUT2D eigenvalue weighted by molar-refractivity contribution is 6.30. The first-order chi connectivity index (χ1) is 19.0. The summed E-state index contributed by atoms with van der Waals surface area (Å²) in [6, 6.07) is 27.7. The van der Waals surface area contributed by atoms with E-state index in [0.717, 1.165) is 43.0 Å². The first-order valence-electron chi connectivity index (χ1n) is 13.9. The van der Waals surface area contributed by atoms with E-state index in [1.165, 1.54) is 5.56 Å². The number of carbonyl (C=O) groups excluding carboxylic acids is 1. The molecule has 1 fully saturated rings. The Bertz CT molecular complexity index is 1360. The number of nitrogens with zero attached hydrogens (tertiary/aromatic N) is 3. The molecule has 5 rings (SSSR count). The van der Waals surface area contributed by atoms with Crippen LogP contribution in [0.1, 0.15) is 54.5 Å². The number of hydrogen-bond donors (Lipinski definition) is 1. The van der Waals surface area contributed by atoms with E-state index in [9.17, 15) is 4.79 Å². The number of piperidine rings is 1. The number of halogens is 1. The molecule has 1 aromatic heterocycles. The number of benzene rings is 3. The largest absolute Gasteiger partial charge is 0.328 e. The van der Waals surface area contributed by atoms with Gasteiger partial charge in [0.1, 0.15) is 5.82 Å². The maximum absolute atomic E-state index is 14.2. The molecule has 4 aromatic rings. The summed E-state index contributed by atoms with van der Waals surface area (Å²) in [6.07, 6.45) is 4.35. The van der Waals surface area contributed by atoms with Gasteiger partial charge in [0.25, 0.3) is 5.91 Å². The molecule has 0 bridgehead atoms. The number of amides is 1. The van der Waals surface area contributed by atoms with E-state index < -0.39 is 0 Å². The molecule has 1 amide bonds. The van der Waals surface area contributed by atoms with Gasteiger partial charge >= 0.3 is 0 Å². The average Bonchev–Trinajstić information content (AvgIpc) is 3.36. The lowest BCUT2D eigenvalue weighted by Crippen LogP contribution is -2.45. The van der Waals surface area contributed by atoms with Crippen LogP contribution in [0.25, 0.3) is 11.3 Å². The Morgan fingerprint density at radius 2 is 1.79 bits per heavy atom. The maximum atomic E-state index is 14.2. The van der Waals surface area contributed by atoms with Crippen molar-refractivity contribution in [1.29, 1.82) is 0 Å². The van der Waals surface area contributed by atoms with Crippen LogP contribution in [0.5, 0.6) is 0 Å². The standard InChI is InChI=1S/C33H37ClN4O/c1-24(2)31(38(22-26-13-10-18-35-20-26)33(39)27-14-7-4-8-15-27)32-36-30(28-16-9-17-29(34)19-28)23-37(32)21-25-11-5-3-6-12-25/h3-9,11-12,14-17,19,23-24,26,31,35H,10,13,18,20-22H2,1-2H3/t26?,31-/m1/s1. The summed E-state index contributed by atoms with van der Waals surface area (Å²) in [5, 5.41) is 4.21. The highest BCUT2D eigenvalue weighted by atomic mass is 35.5. The molecule has 0 spiro atoms. The van der Waals surface area contributed by atoms with Crippen LogP contribution in [-0.2, 0) is 6.54 Å². The molecule has 0 radical (unpaired) electrons. The Morgan fingerprint density at radius 3 is 2.46 bits per heavy atom. The average molecular weight is 541 g/mol.